The molecule has 1 fully saturated rings. The highest BCUT2D eigenvalue weighted by atomic mass is 15.3. The Hall–Kier alpha value is -1.93. The molecule has 1 aliphatic rings. The van der Waals surface area contributed by atoms with E-state index in [9.17, 15) is 0 Å². The monoisotopic (exact) mass is 404 g/mol. The zero-order chi connectivity index (χ0) is 20.9. The summed E-state index contributed by atoms with van der Waals surface area (Å²) in [5.41, 5.74) is 0. The van der Waals surface area contributed by atoms with Crippen LogP contribution in [0.5, 0.6) is 0 Å². The van der Waals surface area contributed by atoms with Crippen LogP contribution in [0.3, 0.4) is 0 Å². The minimum atomic E-state index is 0.422. The fraction of sp³-hybridized carbons (Fsp3) is 0.762. The van der Waals surface area contributed by atoms with Gasteiger partial charge in [0.25, 0.3) is 0 Å². The first-order valence-corrected chi connectivity index (χ1v) is 11.1. The molecule has 1 aliphatic heterocycles. The Labute approximate surface area is 176 Å². The normalized spacial score (nSPS) is 16.9. The van der Waals surface area contributed by atoms with Crippen molar-refractivity contribution in [2.45, 2.75) is 39.7 Å². The molecule has 1 unspecified atom stereocenters. The Morgan fingerprint density at radius 3 is 2.48 bits per heavy atom. The smallest absolute Gasteiger partial charge is 0.225 e. The lowest BCUT2D eigenvalue weighted by molar-refractivity contribution is 0.260. The maximum absolute atomic E-state index is 4.38. The summed E-state index contributed by atoms with van der Waals surface area (Å²) in [5, 5.41) is 6.98. The van der Waals surface area contributed by atoms with E-state index in [1.54, 1.807) is 0 Å². The molecule has 2 N–H and O–H groups in total. The van der Waals surface area contributed by atoms with Gasteiger partial charge in [-0.3, -0.25) is 9.89 Å². The molecular formula is C21H40N8. The van der Waals surface area contributed by atoms with Crippen molar-refractivity contribution in [3.63, 3.8) is 0 Å². The van der Waals surface area contributed by atoms with Gasteiger partial charge in [-0.25, -0.2) is 9.97 Å². The number of rotatable bonds is 11. The molecule has 0 bridgehead atoms. The topological polar surface area (TPSA) is 71.9 Å². The molecule has 0 aliphatic carbocycles. The van der Waals surface area contributed by atoms with Crippen molar-refractivity contribution in [1.29, 1.82) is 0 Å². The maximum atomic E-state index is 4.38. The average molecular weight is 405 g/mol. The molecule has 0 radical (unpaired) electrons. The zero-order valence-electron chi connectivity index (χ0n) is 18.8. The number of anilines is 1. The van der Waals surface area contributed by atoms with Crippen LogP contribution in [-0.2, 0) is 0 Å². The summed E-state index contributed by atoms with van der Waals surface area (Å²) >= 11 is 0. The number of piperazine rings is 1. The molecule has 2 rings (SSSR count). The number of guanidine groups is 1. The molecular weight excluding hydrogens is 364 g/mol. The van der Waals surface area contributed by atoms with Crippen LogP contribution in [-0.4, -0.2) is 97.7 Å². The molecule has 0 amide bonds. The third kappa shape index (κ3) is 8.53. The van der Waals surface area contributed by atoms with E-state index in [-0.39, 0.29) is 0 Å². The van der Waals surface area contributed by atoms with Crippen molar-refractivity contribution in [2.75, 3.05) is 70.9 Å². The quantitative estimate of drug-likeness (QED) is 0.425. The third-order valence-electron chi connectivity index (χ3n) is 5.54. The van der Waals surface area contributed by atoms with Gasteiger partial charge in [0.15, 0.2) is 5.96 Å². The van der Waals surface area contributed by atoms with Crippen LogP contribution in [0, 0.1) is 0 Å². The van der Waals surface area contributed by atoms with E-state index in [0.29, 0.717) is 6.04 Å². The molecule has 164 valence electrons. The van der Waals surface area contributed by atoms with Crippen molar-refractivity contribution in [3.8, 4) is 0 Å². The van der Waals surface area contributed by atoms with Gasteiger partial charge < -0.3 is 20.4 Å². The zero-order valence-corrected chi connectivity index (χ0v) is 18.8. The summed E-state index contributed by atoms with van der Waals surface area (Å²) in [6, 6.07) is 2.28. The van der Waals surface area contributed by atoms with Crippen LogP contribution in [0.2, 0.25) is 0 Å². The molecule has 0 saturated carbocycles. The molecule has 1 saturated heterocycles. The van der Waals surface area contributed by atoms with Crippen molar-refractivity contribution in [1.82, 2.24) is 30.4 Å². The first-order chi connectivity index (χ1) is 14.2. The highest BCUT2D eigenvalue weighted by Gasteiger charge is 2.18. The van der Waals surface area contributed by atoms with Gasteiger partial charge in [0, 0.05) is 64.8 Å². The van der Waals surface area contributed by atoms with Crippen LogP contribution in [0.15, 0.2) is 23.5 Å². The van der Waals surface area contributed by atoms with Crippen molar-refractivity contribution >= 4 is 11.9 Å². The van der Waals surface area contributed by atoms with E-state index >= 15 is 0 Å². The highest BCUT2D eigenvalue weighted by molar-refractivity contribution is 5.79. The minimum Gasteiger partial charge on any atom is -0.355 e. The Bertz CT molecular complexity index is 567. The minimum absolute atomic E-state index is 0.422. The number of aliphatic imine (C=N–C) groups is 1. The van der Waals surface area contributed by atoms with Gasteiger partial charge in [-0.2, -0.15) is 0 Å². The van der Waals surface area contributed by atoms with Crippen LogP contribution >= 0.6 is 0 Å². The molecule has 0 aromatic carbocycles. The van der Waals surface area contributed by atoms with Crippen molar-refractivity contribution < 1.29 is 0 Å². The Morgan fingerprint density at radius 2 is 1.86 bits per heavy atom. The summed E-state index contributed by atoms with van der Waals surface area (Å²) < 4.78 is 0. The summed E-state index contributed by atoms with van der Waals surface area (Å²) in [6.45, 7) is 16.1. The highest BCUT2D eigenvalue weighted by Crippen LogP contribution is 2.09. The first kappa shape index (κ1) is 23.3. The van der Waals surface area contributed by atoms with E-state index in [1.807, 2.05) is 25.5 Å². The summed E-state index contributed by atoms with van der Waals surface area (Å²) in [6.07, 6.45) is 5.98. The molecule has 0 spiro atoms. The van der Waals surface area contributed by atoms with E-state index in [4.69, 9.17) is 0 Å². The Morgan fingerprint density at radius 1 is 1.17 bits per heavy atom. The second-order valence-electron chi connectivity index (χ2n) is 7.59. The maximum Gasteiger partial charge on any atom is 0.225 e. The molecule has 8 heteroatoms. The standard InChI is InChI=1S/C21H40N8/c1-5-27(6-2)13-7-9-19(3)26-20(22-4)23-12-14-28-15-17-29(18-16-28)21-24-10-8-11-25-21/h8,10-11,19H,5-7,9,12-18H2,1-4H3,(H2,22,23,26). The number of aromatic nitrogens is 2. The summed E-state index contributed by atoms with van der Waals surface area (Å²) in [4.78, 5) is 20.3. The van der Waals surface area contributed by atoms with Crippen molar-refractivity contribution in [2.24, 2.45) is 4.99 Å². The van der Waals surface area contributed by atoms with Gasteiger partial charge in [0.2, 0.25) is 5.95 Å². The van der Waals surface area contributed by atoms with E-state index in [2.05, 4.69) is 61.1 Å². The third-order valence-corrected chi connectivity index (χ3v) is 5.54. The fourth-order valence-corrected chi connectivity index (χ4v) is 3.62. The van der Waals surface area contributed by atoms with E-state index < -0.39 is 0 Å². The van der Waals surface area contributed by atoms with Gasteiger partial charge in [0.1, 0.15) is 0 Å². The van der Waals surface area contributed by atoms with Gasteiger partial charge in [0.05, 0.1) is 0 Å². The van der Waals surface area contributed by atoms with Crippen LogP contribution in [0.25, 0.3) is 0 Å². The number of hydrogen-bond acceptors (Lipinski definition) is 6. The second-order valence-corrected chi connectivity index (χ2v) is 7.59. The predicted octanol–water partition coefficient (Wildman–Crippen LogP) is 1.27. The first-order valence-electron chi connectivity index (χ1n) is 11.1. The van der Waals surface area contributed by atoms with Gasteiger partial charge in [-0.1, -0.05) is 13.8 Å². The summed E-state index contributed by atoms with van der Waals surface area (Å²) in [7, 11) is 1.84. The van der Waals surface area contributed by atoms with Crippen LogP contribution in [0.4, 0.5) is 5.95 Å². The van der Waals surface area contributed by atoms with Crippen LogP contribution in [0.1, 0.15) is 33.6 Å². The fourth-order valence-electron chi connectivity index (χ4n) is 3.62. The Kier molecular flexibility index (Phi) is 10.7. The van der Waals surface area contributed by atoms with Crippen LogP contribution < -0.4 is 15.5 Å². The molecule has 1 aromatic rings. The Balaban J connectivity index is 1.60. The lowest BCUT2D eigenvalue weighted by atomic mass is 10.2. The van der Waals surface area contributed by atoms with E-state index in [0.717, 1.165) is 70.7 Å². The SMILES string of the molecule is CCN(CC)CCCC(C)NC(=NC)NCCN1CCN(c2ncccn2)CC1. The van der Waals surface area contributed by atoms with E-state index in [1.165, 1.54) is 13.0 Å². The lowest BCUT2D eigenvalue weighted by Crippen LogP contribution is -2.50. The van der Waals surface area contributed by atoms with Crippen molar-refractivity contribution in [3.05, 3.63) is 18.5 Å². The molecule has 8 nitrogen and oxygen atoms in total. The molecule has 1 aromatic heterocycles. The lowest BCUT2D eigenvalue weighted by Gasteiger charge is -2.34. The predicted molar refractivity (Wildman–Crippen MR) is 122 cm³/mol. The van der Waals surface area contributed by atoms with Gasteiger partial charge >= 0.3 is 0 Å². The second kappa shape index (κ2) is 13.3. The number of hydrogen-bond donors (Lipinski definition) is 2. The molecule has 1 atom stereocenters. The number of nitrogens with zero attached hydrogens (tertiary/aromatic N) is 6. The largest absolute Gasteiger partial charge is 0.355 e. The molecule has 29 heavy (non-hydrogen) atoms. The van der Waals surface area contributed by atoms with Gasteiger partial charge in [-0.05, 0) is 45.5 Å². The number of nitrogens with one attached hydrogen (secondary N) is 2. The summed E-state index contributed by atoms with van der Waals surface area (Å²) in [5.74, 6) is 1.74. The average Bonchev–Trinajstić information content (AvgIpc) is 2.77. The molecule has 2 heterocycles. The van der Waals surface area contributed by atoms with Gasteiger partial charge in [-0.15, -0.1) is 0 Å².